The van der Waals surface area contributed by atoms with Crippen molar-refractivity contribution in [2.24, 2.45) is 0 Å². The summed E-state index contributed by atoms with van der Waals surface area (Å²) in [6, 6.07) is -0.664. The van der Waals surface area contributed by atoms with Crippen molar-refractivity contribution in [2.75, 3.05) is 0 Å². The maximum atomic E-state index is 12.3. The number of amides is 2. The van der Waals surface area contributed by atoms with Gasteiger partial charge in [-0.25, -0.2) is 0 Å². The summed E-state index contributed by atoms with van der Waals surface area (Å²) < 4.78 is 0. The summed E-state index contributed by atoms with van der Waals surface area (Å²) in [6.07, 6.45) is 5.65. The lowest BCUT2D eigenvalue weighted by Gasteiger charge is -2.15. The van der Waals surface area contributed by atoms with Crippen LogP contribution in [0, 0.1) is 0 Å². The lowest BCUT2D eigenvalue weighted by atomic mass is 9.96. The highest BCUT2D eigenvalue weighted by molar-refractivity contribution is 6.01. The monoisotopic (exact) mass is 467 g/mol. The van der Waals surface area contributed by atoms with Crippen LogP contribution in [0.1, 0.15) is 46.5 Å². The first-order chi connectivity index (χ1) is 16.0. The third kappa shape index (κ3) is 5.09. The van der Waals surface area contributed by atoms with Crippen LogP contribution in [0.5, 0.6) is 0 Å². The van der Waals surface area contributed by atoms with Crippen molar-refractivity contribution in [3.63, 3.8) is 0 Å². The summed E-state index contributed by atoms with van der Waals surface area (Å²) in [5, 5.41) is 27.4. The van der Waals surface area contributed by atoms with Crippen LogP contribution in [0.15, 0.2) is 69.6 Å². The Morgan fingerprint density at radius 1 is 0.882 bits per heavy atom. The molecule has 0 fully saturated rings. The van der Waals surface area contributed by atoms with Crippen LogP contribution in [0.4, 0.5) is 0 Å². The van der Waals surface area contributed by atoms with E-state index in [1.807, 2.05) is 19.1 Å². The van der Waals surface area contributed by atoms with Gasteiger partial charge in [-0.15, -0.1) is 0 Å². The van der Waals surface area contributed by atoms with Gasteiger partial charge in [0.05, 0.1) is 0 Å². The number of hydrogen-bond donors (Lipinski definition) is 5. The van der Waals surface area contributed by atoms with Gasteiger partial charge in [-0.3, -0.25) is 24.5 Å². The molecule has 0 saturated heterocycles. The average Bonchev–Trinajstić information content (AvgIpc) is 3.31. The highest BCUT2D eigenvalue weighted by atomic mass is 16.4. The highest BCUT2D eigenvalue weighted by Crippen LogP contribution is 2.32. The minimum atomic E-state index is -0.956. The summed E-state index contributed by atoms with van der Waals surface area (Å²) in [7, 11) is 0. The second-order valence-electron chi connectivity index (χ2n) is 8.53. The Labute approximate surface area is 197 Å². The molecule has 3 rings (SSSR count). The topological polar surface area (TPSA) is 145 Å². The molecule has 0 bridgehead atoms. The highest BCUT2D eigenvalue weighted by Gasteiger charge is 2.32. The molecule has 9 heteroatoms. The van der Waals surface area contributed by atoms with Gasteiger partial charge in [0.25, 0.3) is 11.8 Å². The number of nitrogens with one attached hydrogen (secondary N) is 3. The molecular weight excluding hydrogens is 438 g/mol. The standard InChI is InChI=1S/C25H29N3O6/c1-5-15-13(3)24(33)27-19(15)10-18-12(2)16(6-8-22(29)30)20(26-18)11-21-17(7-9-23(31)32)14(4)25(34)28-21/h5,10-11,18,20,26H,1,6-9H2,2-4H3,(H,27,33)(H,28,34)(H,29,30)(H,31,32)/b19-10-,21-11-. The van der Waals surface area contributed by atoms with Crippen LogP contribution < -0.4 is 16.0 Å². The van der Waals surface area contributed by atoms with Crippen LogP contribution in [-0.2, 0) is 19.2 Å². The molecule has 3 heterocycles. The SMILES string of the molecule is C=CC1=C(C)C(=O)N/C1=C\C1NC(/C=C2\NC(=O)C(C)=C2CCC(=O)O)C(CCC(=O)O)=C1C. The van der Waals surface area contributed by atoms with Gasteiger partial charge in [-0.2, -0.15) is 0 Å². The zero-order valence-electron chi connectivity index (χ0n) is 19.4. The van der Waals surface area contributed by atoms with E-state index in [-0.39, 0.29) is 43.2 Å². The Hall–Kier alpha value is -3.72. The van der Waals surface area contributed by atoms with Gasteiger partial charge in [-0.1, -0.05) is 18.2 Å². The number of carbonyl (C=O) groups excluding carboxylic acids is 2. The van der Waals surface area contributed by atoms with E-state index in [1.54, 1.807) is 19.9 Å². The Morgan fingerprint density at radius 2 is 1.44 bits per heavy atom. The van der Waals surface area contributed by atoms with Gasteiger partial charge < -0.3 is 20.8 Å². The Morgan fingerprint density at radius 3 is 2.06 bits per heavy atom. The number of carboxylic acid groups (broad SMARTS) is 2. The molecule has 3 aliphatic heterocycles. The predicted molar refractivity (Wildman–Crippen MR) is 125 cm³/mol. The van der Waals surface area contributed by atoms with Crippen molar-refractivity contribution >= 4 is 23.8 Å². The molecule has 2 amide bonds. The van der Waals surface area contributed by atoms with Gasteiger partial charge in [0.15, 0.2) is 0 Å². The second kappa shape index (κ2) is 10.0. The van der Waals surface area contributed by atoms with Crippen LogP contribution >= 0.6 is 0 Å². The number of hydrogen-bond acceptors (Lipinski definition) is 5. The first kappa shape index (κ1) is 24.9. The van der Waals surface area contributed by atoms with Gasteiger partial charge in [0.2, 0.25) is 0 Å². The zero-order valence-corrected chi connectivity index (χ0v) is 19.4. The number of allylic oxidation sites excluding steroid dienone is 2. The fourth-order valence-electron chi connectivity index (χ4n) is 4.44. The largest absolute Gasteiger partial charge is 0.481 e. The molecule has 0 saturated carbocycles. The van der Waals surface area contributed by atoms with Crippen LogP contribution in [-0.4, -0.2) is 46.0 Å². The Kier molecular flexibility index (Phi) is 7.36. The van der Waals surface area contributed by atoms with E-state index in [0.29, 0.717) is 40.1 Å². The minimum Gasteiger partial charge on any atom is -0.481 e. The molecule has 0 aromatic heterocycles. The number of rotatable bonds is 9. The average molecular weight is 468 g/mol. The number of aliphatic carboxylic acids is 2. The smallest absolute Gasteiger partial charge is 0.303 e. The lowest BCUT2D eigenvalue weighted by Crippen LogP contribution is -2.32. The summed E-state index contributed by atoms with van der Waals surface area (Å²) >= 11 is 0. The van der Waals surface area contributed by atoms with E-state index < -0.39 is 11.9 Å². The summed E-state index contributed by atoms with van der Waals surface area (Å²) in [5.74, 6) is -2.34. The van der Waals surface area contributed by atoms with E-state index in [9.17, 15) is 24.3 Å². The molecule has 34 heavy (non-hydrogen) atoms. The normalized spacial score (nSPS) is 25.0. The minimum absolute atomic E-state index is 0.0575. The molecular formula is C25H29N3O6. The van der Waals surface area contributed by atoms with Gasteiger partial charge in [-0.05, 0) is 56.9 Å². The molecule has 2 unspecified atom stereocenters. The van der Waals surface area contributed by atoms with Crippen LogP contribution in [0.25, 0.3) is 0 Å². The van der Waals surface area contributed by atoms with E-state index in [0.717, 1.165) is 11.1 Å². The lowest BCUT2D eigenvalue weighted by molar-refractivity contribution is -0.138. The van der Waals surface area contributed by atoms with Gasteiger partial charge in [0, 0.05) is 53.0 Å². The van der Waals surface area contributed by atoms with E-state index in [1.165, 1.54) is 0 Å². The molecule has 5 N–H and O–H groups in total. The van der Waals surface area contributed by atoms with Crippen molar-refractivity contribution in [1.82, 2.24) is 16.0 Å². The fourth-order valence-corrected chi connectivity index (χ4v) is 4.44. The molecule has 0 aromatic carbocycles. The Balaban J connectivity index is 1.96. The van der Waals surface area contributed by atoms with Crippen molar-refractivity contribution in [1.29, 1.82) is 0 Å². The summed E-state index contributed by atoms with van der Waals surface area (Å²) in [5.41, 5.74) is 5.37. The molecule has 0 aromatic rings. The molecule has 180 valence electrons. The quantitative estimate of drug-likeness (QED) is 0.327. The van der Waals surface area contributed by atoms with Crippen molar-refractivity contribution in [3.05, 3.63) is 69.6 Å². The van der Waals surface area contributed by atoms with Crippen molar-refractivity contribution < 1.29 is 29.4 Å². The second-order valence-corrected chi connectivity index (χ2v) is 8.53. The first-order valence-corrected chi connectivity index (χ1v) is 11.0. The maximum Gasteiger partial charge on any atom is 0.303 e. The van der Waals surface area contributed by atoms with Crippen LogP contribution in [0.3, 0.4) is 0 Å². The van der Waals surface area contributed by atoms with Gasteiger partial charge in [0.1, 0.15) is 0 Å². The molecule has 0 radical (unpaired) electrons. The summed E-state index contributed by atoms with van der Waals surface area (Å²) in [6.45, 7) is 9.07. The van der Waals surface area contributed by atoms with Crippen LogP contribution in [0.2, 0.25) is 0 Å². The molecule has 0 spiro atoms. The Bertz CT molecular complexity index is 1140. The third-order valence-corrected chi connectivity index (χ3v) is 6.42. The van der Waals surface area contributed by atoms with Crippen molar-refractivity contribution in [3.8, 4) is 0 Å². The fraction of sp³-hybridized carbons (Fsp3) is 0.360. The molecule has 3 aliphatic rings. The number of carboxylic acids is 2. The van der Waals surface area contributed by atoms with Crippen molar-refractivity contribution in [2.45, 2.75) is 58.5 Å². The molecule has 2 atom stereocenters. The molecule has 0 aliphatic carbocycles. The van der Waals surface area contributed by atoms with Gasteiger partial charge >= 0.3 is 11.9 Å². The summed E-state index contributed by atoms with van der Waals surface area (Å²) in [4.78, 5) is 46.7. The first-order valence-electron chi connectivity index (χ1n) is 11.0. The zero-order chi connectivity index (χ0) is 25.2. The van der Waals surface area contributed by atoms with E-state index in [4.69, 9.17) is 5.11 Å². The molecule has 9 nitrogen and oxygen atoms in total. The third-order valence-electron chi connectivity index (χ3n) is 6.42. The van der Waals surface area contributed by atoms with E-state index in [2.05, 4.69) is 22.5 Å². The van der Waals surface area contributed by atoms with E-state index >= 15 is 0 Å². The maximum absolute atomic E-state index is 12.3. The number of carbonyl (C=O) groups is 4. The predicted octanol–water partition coefficient (Wildman–Crippen LogP) is 2.22.